The maximum atomic E-state index is 3.90. The molecule has 3 heteroatoms. The molecule has 0 saturated carbocycles. The van der Waals surface area contributed by atoms with Crippen molar-refractivity contribution in [2.24, 2.45) is 0 Å². The molecule has 0 saturated heterocycles. The van der Waals surface area contributed by atoms with Gasteiger partial charge in [0.2, 0.25) is 0 Å². The Kier molecular flexibility index (Phi) is 6.07. The van der Waals surface area contributed by atoms with Crippen molar-refractivity contribution in [3.63, 3.8) is 0 Å². The van der Waals surface area contributed by atoms with E-state index in [0.717, 1.165) is 0 Å². The van der Waals surface area contributed by atoms with Crippen LogP contribution in [0.4, 0.5) is 17.1 Å². The fourth-order valence-electron chi connectivity index (χ4n) is 8.37. The van der Waals surface area contributed by atoms with Crippen LogP contribution >= 0.6 is 0 Å². The van der Waals surface area contributed by atoms with Gasteiger partial charge in [-0.25, -0.2) is 0 Å². The van der Waals surface area contributed by atoms with Gasteiger partial charge in [0, 0.05) is 39.5 Å². The van der Waals surface area contributed by atoms with Crippen molar-refractivity contribution in [3.05, 3.63) is 193 Å². The molecule has 1 aliphatic carbocycles. The lowest BCUT2D eigenvalue weighted by molar-refractivity contribution is 0.700. The molecule has 0 fully saturated rings. The highest BCUT2D eigenvalue weighted by atomic mass is 15.2. The van der Waals surface area contributed by atoms with Crippen LogP contribution in [0.5, 0.6) is 0 Å². The lowest BCUT2D eigenvalue weighted by Crippen LogP contribution is -2.34. The fraction of sp³-hybridized carbons (Fsp3) is 0.0667. The van der Waals surface area contributed by atoms with Gasteiger partial charge in [0.1, 0.15) is 0 Å². The monoisotopic (exact) mass is 615 g/mol. The number of fused-ring (bicyclic) bond motifs is 10. The third-order valence-corrected chi connectivity index (χ3v) is 10.4. The van der Waals surface area contributed by atoms with E-state index in [4.69, 9.17) is 0 Å². The highest BCUT2D eigenvalue weighted by Crippen LogP contribution is 2.52. The smallest absolute Gasteiger partial charge is 0.0774 e. The third kappa shape index (κ3) is 4.01. The molecule has 1 N–H and O–H groups in total. The number of hydrogen-bond acceptors (Lipinski definition) is 2. The van der Waals surface area contributed by atoms with Gasteiger partial charge in [0.25, 0.3) is 0 Å². The minimum Gasteiger partial charge on any atom is -0.374 e. The number of benzene rings is 6. The number of allylic oxidation sites excluding steroid dienone is 2. The fourth-order valence-corrected chi connectivity index (χ4v) is 8.37. The van der Waals surface area contributed by atoms with E-state index < -0.39 is 0 Å². The predicted molar refractivity (Wildman–Crippen MR) is 199 cm³/mol. The minimum atomic E-state index is 0.0412. The van der Waals surface area contributed by atoms with E-state index in [9.17, 15) is 0 Å². The van der Waals surface area contributed by atoms with E-state index in [0.29, 0.717) is 0 Å². The molecule has 0 bridgehead atoms. The summed E-state index contributed by atoms with van der Waals surface area (Å²) in [5.41, 5.74) is 15.0. The summed E-state index contributed by atoms with van der Waals surface area (Å²) in [6.07, 6.45) is 9.24. The van der Waals surface area contributed by atoms with E-state index in [1.807, 2.05) is 0 Å². The summed E-state index contributed by atoms with van der Waals surface area (Å²) < 4.78 is 2.48. The first-order valence-corrected chi connectivity index (χ1v) is 16.8. The Bertz CT molecular complexity index is 2410. The molecule has 0 spiro atoms. The van der Waals surface area contributed by atoms with Crippen LogP contribution in [0, 0.1) is 0 Å². The number of nitrogens with zero attached hydrogens (tertiary/aromatic N) is 2. The van der Waals surface area contributed by atoms with Crippen LogP contribution in [-0.2, 0) is 0 Å². The van der Waals surface area contributed by atoms with E-state index >= 15 is 0 Å². The molecular weight excluding hydrogens is 583 g/mol. The van der Waals surface area contributed by atoms with Gasteiger partial charge in [-0.1, -0.05) is 133 Å². The quantitative estimate of drug-likeness (QED) is 0.213. The van der Waals surface area contributed by atoms with Crippen LogP contribution in [0.2, 0.25) is 0 Å². The highest BCUT2D eigenvalue weighted by molar-refractivity contribution is 5.99. The van der Waals surface area contributed by atoms with Crippen molar-refractivity contribution >= 4 is 28.0 Å². The average molecular weight is 616 g/mol. The van der Waals surface area contributed by atoms with Crippen molar-refractivity contribution < 1.29 is 0 Å². The second-order valence-electron chi connectivity index (χ2n) is 12.9. The molecule has 0 radical (unpaired) electrons. The number of aromatic nitrogens is 1. The molecule has 3 heterocycles. The maximum Gasteiger partial charge on any atom is 0.0774 e. The first-order chi connectivity index (χ1) is 23.8. The van der Waals surface area contributed by atoms with Crippen LogP contribution in [0.15, 0.2) is 176 Å². The Labute approximate surface area is 280 Å². The standard InChI is InChI=1S/C45H33N3/c1-2-16-31(17-3-1)48-41-27-12-8-23-37(41)43-36-22-7-11-26-40(36)47(42-28-13-9-24-38(42)45(43)48)32-18-14-15-30(29-32)44-35-21-5-4-19-33(35)34-20-6-10-25-39(34)46-44/h1-29,36,40,44,46H. The number of nitrogens with one attached hydrogen (secondary N) is 1. The Hall–Kier alpha value is -6.06. The summed E-state index contributed by atoms with van der Waals surface area (Å²) in [7, 11) is 0. The van der Waals surface area contributed by atoms with Gasteiger partial charge in [-0.05, 0) is 64.7 Å². The summed E-state index contributed by atoms with van der Waals surface area (Å²) in [5, 5.41) is 5.20. The molecule has 3 unspecified atom stereocenters. The second-order valence-corrected chi connectivity index (χ2v) is 12.9. The van der Waals surface area contributed by atoms with Crippen molar-refractivity contribution in [3.8, 4) is 28.1 Å². The Morgan fingerprint density at radius 2 is 1.25 bits per heavy atom. The van der Waals surface area contributed by atoms with Crippen molar-refractivity contribution in [2.45, 2.75) is 18.0 Å². The average Bonchev–Trinajstić information content (AvgIpc) is 3.44. The van der Waals surface area contributed by atoms with Crippen LogP contribution in [0.1, 0.15) is 28.7 Å². The summed E-state index contributed by atoms with van der Waals surface area (Å²) in [5.74, 6) is 0.149. The third-order valence-electron chi connectivity index (χ3n) is 10.4. The Balaban J connectivity index is 1.19. The van der Waals surface area contributed by atoms with Gasteiger partial charge >= 0.3 is 0 Å². The molecule has 228 valence electrons. The highest BCUT2D eigenvalue weighted by Gasteiger charge is 2.38. The number of anilines is 3. The van der Waals surface area contributed by atoms with Crippen LogP contribution in [0.25, 0.3) is 39.0 Å². The summed E-state index contributed by atoms with van der Waals surface area (Å²) in [6.45, 7) is 0. The molecule has 2 aliphatic heterocycles. The minimum absolute atomic E-state index is 0.0412. The molecule has 48 heavy (non-hydrogen) atoms. The van der Waals surface area contributed by atoms with E-state index in [-0.39, 0.29) is 18.0 Å². The summed E-state index contributed by atoms with van der Waals surface area (Å²) in [6, 6.07) is 55.5. The first kappa shape index (κ1) is 27.1. The van der Waals surface area contributed by atoms with Crippen LogP contribution in [0.3, 0.4) is 0 Å². The summed E-state index contributed by atoms with van der Waals surface area (Å²) >= 11 is 0. The molecule has 3 aliphatic rings. The largest absolute Gasteiger partial charge is 0.374 e. The molecule has 3 nitrogen and oxygen atoms in total. The normalized spacial score (nSPS) is 18.6. The maximum absolute atomic E-state index is 3.90. The zero-order valence-corrected chi connectivity index (χ0v) is 26.4. The van der Waals surface area contributed by atoms with Crippen LogP contribution < -0.4 is 10.2 Å². The lowest BCUT2D eigenvalue weighted by atomic mass is 9.85. The molecule has 3 atom stereocenters. The van der Waals surface area contributed by atoms with Crippen molar-refractivity contribution in [2.75, 3.05) is 10.2 Å². The lowest BCUT2D eigenvalue weighted by Gasteiger charge is -2.37. The van der Waals surface area contributed by atoms with E-state index in [2.05, 4.69) is 191 Å². The zero-order chi connectivity index (χ0) is 31.6. The van der Waals surface area contributed by atoms with Gasteiger partial charge in [0.15, 0.2) is 0 Å². The molecule has 10 rings (SSSR count). The van der Waals surface area contributed by atoms with Gasteiger partial charge in [0.05, 0.1) is 29.0 Å². The Morgan fingerprint density at radius 1 is 0.542 bits per heavy atom. The molecule has 6 aromatic carbocycles. The molecular formula is C45H33N3. The number of para-hydroxylation sites is 4. The van der Waals surface area contributed by atoms with Gasteiger partial charge in [-0.3, -0.25) is 0 Å². The number of hydrogen-bond donors (Lipinski definition) is 1. The Morgan fingerprint density at radius 3 is 2.17 bits per heavy atom. The van der Waals surface area contributed by atoms with E-state index in [1.165, 1.54) is 72.7 Å². The molecule has 1 aromatic heterocycles. The van der Waals surface area contributed by atoms with E-state index in [1.54, 1.807) is 0 Å². The zero-order valence-electron chi connectivity index (χ0n) is 26.4. The van der Waals surface area contributed by atoms with Gasteiger partial charge < -0.3 is 14.8 Å². The topological polar surface area (TPSA) is 20.2 Å². The van der Waals surface area contributed by atoms with Gasteiger partial charge in [-0.2, -0.15) is 0 Å². The van der Waals surface area contributed by atoms with Gasteiger partial charge in [-0.15, -0.1) is 0 Å². The second kappa shape index (κ2) is 10.8. The predicted octanol–water partition coefficient (Wildman–Crippen LogP) is 11.2. The molecule has 7 aromatic rings. The summed E-state index contributed by atoms with van der Waals surface area (Å²) in [4.78, 5) is 2.58. The first-order valence-electron chi connectivity index (χ1n) is 16.8. The molecule has 0 amide bonds. The van der Waals surface area contributed by atoms with Crippen molar-refractivity contribution in [1.82, 2.24) is 4.57 Å². The van der Waals surface area contributed by atoms with Crippen LogP contribution in [-0.4, -0.2) is 10.6 Å². The SMILES string of the molecule is C1=CC2c3c(n(-c4ccccc4)c4ccccc34)-c3ccccc3N(c3cccc(C4Nc5ccccc5-c5ccccc54)c3)C2C=C1. The van der Waals surface area contributed by atoms with Crippen molar-refractivity contribution in [1.29, 1.82) is 0 Å². The number of rotatable bonds is 3.